The normalized spacial score (nSPS) is 10.8. The van der Waals surface area contributed by atoms with E-state index in [0.717, 1.165) is 6.26 Å². The molecule has 0 spiro atoms. The molecule has 2 aromatic rings. The van der Waals surface area contributed by atoms with Crippen LogP contribution in [0.3, 0.4) is 0 Å². The van der Waals surface area contributed by atoms with E-state index in [-0.39, 0.29) is 5.56 Å². The summed E-state index contributed by atoms with van der Waals surface area (Å²) in [5, 5.41) is 2.72. The molecule has 0 radical (unpaired) electrons. The Hall–Kier alpha value is -2.94. The summed E-state index contributed by atoms with van der Waals surface area (Å²) >= 11 is 0. The van der Waals surface area contributed by atoms with E-state index in [1.165, 1.54) is 27.4 Å². The SMILES string of the molecule is COc1cc(OC)c(C(=O)Nc2ccc(NS(C)(=O)=O)cc2)cc1OC. The average Bonchev–Trinajstić information content (AvgIpc) is 2.60. The van der Waals surface area contributed by atoms with Gasteiger partial charge in [-0.1, -0.05) is 0 Å². The molecule has 0 aliphatic rings. The number of anilines is 2. The van der Waals surface area contributed by atoms with E-state index < -0.39 is 15.9 Å². The molecule has 2 rings (SSSR count). The highest BCUT2D eigenvalue weighted by atomic mass is 32.2. The second-order valence-corrected chi connectivity index (χ2v) is 7.06. The van der Waals surface area contributed by atoms with Gasteiger partial charge >= 0.3 is 0 Å². The molecular weight excluding hydrogens is 360 g/mol. The monoisotopic (exact) mass is 380 g/mol. The highest BCUT2D eigenvalue weighted by Crippen LogP contribution is 2.35. The molecule has 0 aliphatic heterocycles. The molecule has 2 aromatic carbocycles. The molecule has 0 bridgehead atoms. The minimum atomic E-state index is -3.36. The lowest BCUT2D eigenvalue weighted by Crippen LogP contribution is -2.14. The van der Waals surface area contributed by atoms with E-state index >= 15 is 0 Å². The van der Waals surface area contributed by atoms with Crippen molar-refractivity contribution < 1.29 is 27.4 Å². The van der Waals surface area contributed by atoms with Crippen LogP contribution in [0.2, 0.25) is 0 Å². The summed E-state index contributed by atoms with van der Waals surface area (Å²) < 4.78 is 40.4. The van der Waals surface area contributed by atoms with Crippen LogP contribution in [0.15, 0.2) is 36.4 Å². The first-order valence-corrected chi connectivity index (χ1v) is 9.35. The fourth-order valence-electron chi connectivity index (χ4n) is 2.24. The summed E-state index contributed by atoms with van der Waals surface area (Å²) in [5.41, 5.74) is 1.16. The van der Waals surface area contributed by atoms with Crippen LogP contribution in [0, 0.1) is 0 Å². The number of sulfonamides is 1. The molecule has 0 saturated heterocycles. The van der Waals surface area contributed by atoms with Gasteiger partial charge in [-0.15, -0.1) is 0 Å². The third kappa shape index (κ3) is 4.79. The lowest BCUT2D eigenvalue weighted by molar-refractivity contribution is 0.102. The molecule has 0 atom stereocenters. The molecule has 0 unspecified atom stereocenters. The number of ether oxygens (including phenoxy) is 3. The van der Waals surface area contributed by atoms with Crippen molar-refractivity contribution in [3.05, 3.63) is 42.0 Å². The van der Waals surface area contributed by atoms with Crippen LogP contribution in [0.5, 0.6) is 17.2 Å². The van der Waals surface area contributed by atoms with Crippen LogP contribution in [-0.4, -0.2) is 41.9 Å². The van der Waals surface area contributed by atoms with Crippen LogP contribution in [0.25, 0.3) is 0 Å². The minimum Gasteiger partial charge on any atom is -0.496 e. The molecule has 1 amide bonds. The van der Waals surface area contributed by atoms with Crippen LogP contribution >= 0.6 is 0 Å². The standard InChI is InChI=1S/C17H20N2O6S/c1-23-14-10-16(25-3)15(24-2)9-13(14)17(20)18-11-5-7-12(8-6-11)19-26(4,21)22/h5-10,19H,1-4H3,(H,18,20). The summed E-state index contributed by atoms with van der Waals surface area (Å²) in [4.78, 5) is 12.6. The maximum atomic E-state index is 12.6. The zero-order valence-corrected chi connectivity index (χ0v) is 15.6. The number of carbonyl (C=O) groups is 1. The van der Waals surface area contributed by atoms with Crippen molar-refractivity contribution in [1.29, 1.82) is 0 Å². The fourth-order valence-corrected chi connectivity index (χ4v) is 2.81. The number of nitrogens with one attached hydrogen (secondary N) is 2. The Bertz CT molecular complexity index is 894. The molecule has 140 valence electrons. The third-order valence-corrected chi connectivity index (χ3v) is 4.00. The Morgan fingerprint density at radius 2 is 1.35 bits per heavy atom. The summed E-state index contributed by atoms with van der Waals surface area (Å²) in [6.07, 6.45) is 1.06. The van der Waals surface area contributed by atoms with Crippen molar-refractivity contribution >= 4 is 27.3 Å². The third-order valence-electron chi connectivity index (χ3n) is 3.40. The van der Waals surface area contributed by atoms with Crippen LogP contribution in [0.1, 0.15) is 10.4 Å². The summed E-state index contributed by atoms with van der Waals surface area (Å²) in [6.45, 7) is 0. The van der Waals surface area contributed by atoms with Gasteiger partial charge in [0.1, 0.15) is 5.75 Å². The summed E-state index contributed by atoms with van der Waals surface area (Å²) in [7, 11) is 1.05. The van der Waals surface area contributed by atoms with Crippen molar-refractivity contribution in [2.75, 3.05) is 37.6 Å². The molecule has 0 fully saturated rings. The Balaban J connectivity index is 2.24. The number of benzene rings is 2. The van der Waals surface area contributed by atoms with E-state index in [0.29, 0.717) is 28.6 Å². The Labute approximate surface area is 152 Å². The van der Waals surface area contributed by atoms with E-state index in [4.69, 9.17) is 14.2 Å². The fraction of sp³-hybridized carbons (Fsp3) is 0.235. The predicted molar refractivity (Wildman–Crippen MR) is 99.0 cm³/mol. The smallest absolute Gasteiger partial charge is 0.259 e. The molecule has 8 nitrogen and oxygen atoms in total. The van der Waals surface area contributed by atoms with E-state index in [9.17, 15) is 13.2 Å². The summed E-state index contributed by atoms with van der Waals surface area (Å²) in [6, 6.07) is 9.34. The van der Waals surface area contributed by atoms with Gasteiger partial charge in [0.15, 0.2) is 11.5 Å². The molecule has 0 aromatic heterocycles. The van der Waals surface area contributed by atoms with Crippen LogP contribution in [-0.2, 0) is 10.0 Å². The lowest BCUT2D eigenvalue weighted by atomic mass is 10.1. The van der Waals surface area contributed by atoms with E-state index in [1.54, 1.807) is 30.3 Å². The number of rotatable bonds is 7. The maximum absolute atomic E-state index is 12.6. The molecule has 9 heteroatoms. The number of hydrogen-bond donors (Lipinski definition) is 2. The molecule has 26 heavy (non-hydrogen) atoms. The number of methoxy groups -OCH3 is 3. The second-order valence-electron chi connectivity index (χ2n) is 5.31. The zero-order valence-electron chi connectivity index (χ0n) is 14.8. The largest absolute Gasteiger partial charge is 0.496 e. The topological polar surface area (TPSA) is 103 Å². The van der Waals surface area contributed by atoms with Gasteiger partial charge in [-0.2, -0.15) is 0 Å². The van der Waals surface area contributed by atoms with Gasteiger partial charge in [-0.3, -0.25) is 9.52 Å². The molecule has 0 saturated carbocycles. The van der Waals surface area contributed by atoms with E-state index in [2.05, 4.69) is 10.0 Å². The Kier molecular flexibility index (Phi) is 5.93. The Morgan fingerprint density at radius 3 is 1.85 bits per heavy atom. The quantitative estimate of drug-likeness (QED) is 0.764. The molecule has 2 N–H and O–H groups in total. The van der Waals surface area contributed by atoms with Crippen molar-refractivity contribution in [2.24, 2.45) is 0 Å². The van der Waals surface area contributed by atoms with Crippen molar-refractivity contribution in [2.45, 2.75) is 0 Å². The highest BCUT2D eigenvalue weighted by Gasteiger charge is 2.18. The minimum absolute atomic E-state index is 0.267. The molecule has 0 aliphatic carbocycles. The number of amides is 1. The van der Waals surface area contributed by atoms with Gasteiger partial charge in [0.05, 0.1) is 33.1 Å². The molecular formula is C17H20N2O6S. The molecule has 0 heterocycles. The lowest BCUT2D eigenvalue weighted by Gasteiger charge is -2.14. The van der Waals surface area contributed by atoms with Gasteiger partial charge in [0.25, 0.3) is 5.91 Å². The first kappa shape index (κ1) is 19.4. The van der Waals surface area contributed by atoms with Crippen LogP contribution in [0.4, 0.5) is 11.4 Å². The maximum Gasteiger partial charge on any atom is 0.259 e. The van der Waals surface area contributed by atoms with Gasteiger partial charge in [-0.05, 0) is 24.3 Å². The van der Waals surface area contributed by atoms with Gasteiger partial charge in [0.2, 0.25) is 10.0 Å². The number of hydrogen-bond acceptors (Lipinski definition) is 6. The first-order chi connectivity index (χ1) is 12.3. The van der Waals surface area contributed by atoms with Crippen molar-refractivity contribution in [1.82, 2.24) is 0 Å². The van der Waals surface area contributed by atoms with Gasteiger partial charge < -0.3 is 19.5 Å². The van der Waals surface area contributed by atoms with Crippen molar-refractivity contribution in [3.8, 4) is 17.2 Å². The average molecular weight is 380 g/mol. The van der Waals surface area contributed by atoms with Gasteiger partial charge in [-0.25, -0.2) is 8.42 Å². The predicted octanol–water partition coefficient (Wildman–Crippen LogP) is 2.34. The van der Waals surface area contributed by atoms with Crippen molar-refractivity contribution in [3.63, 3.8) is 0 Å². The zero-order chi connectivity index (χ0) is 19.3. The van der Waals surface area contributed by atoms with Crippen LogP contribution < -0.4 is 24.2 Å². The second kappa shape index (κ2) is 7.96. The van der Waals surface area contributed by atoms with Gasteiger partial charge in [0, 0.05) is 23.5 Å². The number of carbonyl (C=O) groups excluding carboxylic acids is 1. The first-order valence-electron chi connectivity index (χ1n) is 7.46. The highest BCUT2D eigenvalue weighted by molar-refractivity contribution is 7.92. The van der Waals surface area contributed by atoms with E-state index in [1.807, 2.05) is 0 Å². The Morgan fingerprint density at radius 1 is 0.846 bits per heavy atom. The summed E-state index contributed by atoms with van der Waals surface area (Å²) in [5.74, 6) is 0.755.